The van der Waals surface area contributed by atoms with Crippen LogP contribution in [-0.4, -0.2) is 41.3 Å². The number of likely N-dealkylation sites (tertiary alicyclic amines) is 1. The van der Waals surface area contributed by atoms with Crippen LogP contribution in [0.1, 0.15) is 43.4 Å². The van der Waals surface area contributed by atoms with Gasteiger partial charge in [-0.15, -0.1) is 0 Å². The zero-order valence-corrected chi connectivity index (χ0v) is 17.9. The second-order valence-electron chi connectivity index (χ2n) is 8.47. The molecule has 0 unspecified atom stereocenters. The van der Waals surface area contributed by atoms with Crippen LogP contribution in [0.15, 0.2) is 48.7 Å². The molecule has 5 nitrogen and oxygen atoms in total. The predicted octanol–water partition coefficient (Wildman–Crippen LogP) is 3.75. The van der Waals surface area contributed by atoms with E-state index in [1.54, 1.807) is 6.20 Å². The minimum Gasteiger partial charge on any atom is -0.355 e. The Morgan fingerprint density at radius 3 is 2.67 bits per heavy atom. The number of piperidine rings is 1. The first-order valence-corrected chi connectivity index (χ1v) is 11.2. The van der Waals surface area contributed by atoms with Crippen LogP contribution >= 0.6 is 11.6 Å². The van der Waals surface area contributed by atoms with Gasteiger partial charge in [0.15, 0.2) is 0 Å². The molecule has 1 saturated carbocycles. The Hall–Kier alpha value is -2.40. The molecule has 6 heteroatoms. The number of nitrogens with zero attached hydrogens (tertiary/aromatic N) is 2. The second kappa shape index (κ2) is 9.17. The van der Waals surface area contributed by atoms with Gasteiger partial charge in [0.1, 0.15) is 0 Å². The highest BCUT2D eigenvalue weighted by molar-refractivity contribution is 6.30. The van der Waals surface area contributed by atoms with E-state index in [-0.39, 0.29) is 11.8 Å². The lowest BCUT2D eigenvalue weighted by Gasteiger charge is -2.33. The van der Waals surface area contributed by atoms with E-state index in [1.165, 1.54) is 0 Å². The van der Waals surface area contributed by atoms with Crippen molar-refractivity contribution in [3.05, 3.63) is 64.9 Å². The third kappa shape index (κ3) is 4.84. The topological polar surface area (TPSA) is 62.3 Å². The first-order chi connectivity index (χ1) is 14.6. The predicted molar refractivity (Wildman–Crippen MR) is 117 cm³/mol. The number of carbonyl (C=O) groups is 2. The highest BCUT2D eigenvalue weighted by Gasteiger charge is 2.51. The van der Waals surface area contributed by atoms with Crippen molar-refractivity contribution < 1.29 is 9.59 Å². The maximum atomic E-state index is 12.9. The molecule has 0 radical (unpaired) electrons. The molecular formula is C24H28ClN3O2. The van der Waals surface area contributed by atoms with Crippen LogP contribution in [0.2, 0.25) is 5.02 Å². The fourth-order valence-corrected chi connectivity index (χ4v) is 4.47. The molecule has 1 aromatic carbocycles. The minimum absolute atomic E-state index is 0.100. The Bertz CT molecular complexity index is 881. The molecule has 0 spiro atoms. The van der Waals surface area contributed by atoms with Crippen molar-refractivity contribution in [3.63, 3.8) is 0 Å². The molecule has 1 saturated heterocycles. The molecular weight excluding hydrogens is 398 g/mol. The molecule has 158 valence electrons. The number of amides is 2. The van der Waals surface area contributed by atoms with E-state index >= 15 is 0 Å². The van der Waals surface area contributed by atoms with Crippen LogP contribution in [0.3, 0.4) is 0 Å². The Balaban J connectivity index is 1.26. The molecule has 4 rings (SSSR count). The van der Waals surface area contributed by atoms with E-state index in [1.807, 2.05) is 47.4 Å². The van der Waals surface area contributed by atoms with Crippen LogP contribution in [-0.2, 0) is 21.4 Å². The number of benzene rings is 1. The molecule has 30 heavy (non-hydrogen) atoms. The largest absolute Gasteiger partial charge is 0.355 e. The molecule has 2 heterocycles. The van der Waals surface area contributed by atoms with E-state index in [0.29, 0.717) is 30.3 Å². The third-order valence-electron chi connectivity index (χ3n) is 6.33. The number of carbonyl (C=O) groups excluding carboxylic acids is 2. The van der Waals surface area contributed by atoms with Gasteiger partial charge in [-0.1, -0.05) is 29.8 Å². The molecule has 1 atom stereocenters. The number of aromatic nitrogens is 1. The summed E-state index contributed by atoms with van der Waals surface area (Å²) in [6.45, 7) is 2.15. The molecule has 2 aromatic rings. The van der Waals surface area contributed by atoms with Crippen LogP contribution < -0.4 is 5.32 Å². The second-order valence-corrected chi connectivity index (χ2v) is 8.90. The standard InChI is InChI=1S/C24H28ClN3O2/c25-20-8-6-19(7-9-20)24(12-13-24)23(30)27-16-18-4-3-15-28(17-18)22(29)11-10-21-5-1-2-14-26-21/h1-2,5-9,14,18H,3-4,10-13,15-17H2,(H,27,30)/t18-/m0/s1. The van der Waals surface area contributed by atoms with Gasteiger partial charge in [-0.3, -0.25) is 14.6 Å². The zero-order chi connectivity index (χ0) is 21.0. The highest BCUT2D eigenvalue weighted by Crippen LogP contribution is 2.48. The van der Waals surface area contributed by atoms with Gasteiger partial charge >= 0.3 is 0 Å². The van der Waals surface area contributed by atoms with Crippen LogP contribution in [0.25, 0.3) is 0 Å². The molecule has 2 amide bonds. The smallest absolute Gasteiger partial charge is 0.230 e. The molecule has 1 aliphatic heterocycles. The van der Waals surface area contributed by atoms with E-state index in [2.05, 4.69) is 10.3 Å². The fourth-order valence-electron chi connectivity index (χ4n) is 4.34. The van der Waals surface area contributed by atoms with Crippen molar-refractivity contribution in [2.45, 2.75) is 43.9 Å². The van der Waals surface area contributed by atoms with Gasteiger partial charge in [-0.25, -0.2) is 0 Å². The summed E-state index contributed by atoms with van der Waals surface area (Å²) in [4.78, 5) is 31.8. The van der Waals surface area contributed by atoms with Gasteiger partial charge in [0, 0.05) is 43.0 Å². The summed E-state index contributed by atoms with van der Waals surface area (Å²) in [7, 11) is 0. The Kier molecular flexibility index (Phi) is 6.38. The first kappa shape index (κ1) is 20.9. The monoisotopic (exact) mass is 425 g/mol. The van der Waals surface area contributed by atoms with Crippen molar-refractivity contribution in [1.29, 1.82) is 0 Å². The number of hydrogen-bond donors (Lipinski definition) is 1. The van der Waals surface area contributed by atoms with Crippen molar-refractivity contribution in [3.8, 4) is 0 Å². The molecule has 1 aromatic heterocycles. The Labute approximate surface area is 182 Å². The minimum atomic E-state index is -0.391. The van der Waals surface area contributed by atoms with Crippen molar-refractivity contribution in [2.24, 2.45) is 5.92 Å². The van der Waals surface area contributed by atoms with Gasteiger partial charge < -0.3 is 10.2 Å². The Morgan fingerprint density at radius 2 is 1.97 bits per heavy atom. The zero-order valence-electron chi connectivity index (χ0n) is 17.1. The quantitative estimate of drug-likeness (QED) is 0.734. The number of hydrogen-bond acceptors (Lipinski definition) is 3. The summed E-state index contributed by atoms with van der Waals surface area (Å²) in [5, 5.41) is 3.85. The van der Waals surface area contributed by atoms with Gasteiger partial charge in [0.05, 0.1) is 5.41 Å². The molecule has 1 N–H and O–H groups in total. The lowest BCUT2D eigenvalue weighted by atomic mass is 9.93. The van der Waals surface area contributed by atoms with Crippen molar-refractivity contribution >= 4 is 23.4 Å². The van der Waals surface area contributed by atoms with E-state index in [0.717, 1.165) is 50.0 Å². The lowest BCUT2D eigenvalue weighted by Crippen LogP contribution is -2.45. The summed E-state index contributed by atoms with van der Waals surface area (Å²) < 4.78 is 0. The maximum Gasteiger partial charge on any atom is 0.230 e. The number of pyridine rings is 1. The third-order valence-corrected chi connectivity index (χ3v) is 6.58. The number of aryl methyl sites for hydroxylation is 1. The molecule has 2 fully saturated rings. The molecule has 0 bridgehead atoms. The normalized spacial score (nSPS) is 19.9. The molecule has 1 aliphatic carbocycles. The van der Waals surface area contributed by atoms with E-state index < -0.39 is 5.41 Å². The summed E-state index contributed by atoms with van der Waals surface area (Å²) in [6.07, 6.45) is 6.69. The van der Waals surface area contributed by atoms with Crippen LogP contribution in [0.4, 0.5) is 0 Å². The number of rotatable bonds is 7. The SMILES string of the molecule is O=C(CCc1ccccn1)N1CCC[C@@H](CNC(=O)C2(c3ccc(Cl)cc3)CC2)C1. The van der Waals surface area contributed by atoms with Crippen molar-refractivity contribution in [1.82, 2.24) is 15.2 Å². The lowest BCUT2D eigenvalue weighted by molar-refractivity contribution is -0.133. The Morgan fingerprint density at radius 1 is 1.17 bits per heavy atom. The fraction of sp³-hybridized carbons (Fsp3) is 0.458. The first-order valence-electron chi connectivity index (χ1n) is 10.8. The average Bonchev–Trinajstić information content (AvgIpc) is 3.59. The molecule has 2 aliphatic rings. The summed E-state index contributed by atoms with van der Waals surface area (Å²) >= 11 is 5.98. The summed E-state index contributed by atoms with van der Waals surface area (Å²) in [5.41, 5.74) is 1.60. The van der Waals surface area contributed by atoms with Crippen LogP contribution in [0.5, 0.6) is 0 Å². The maximum absolute atomic E-state index is 12.9. The van der Waals surface area contributed by atoms with Gasteiger partial charge in [-0.05, 0) is 67.9 Å². The van der Waals surface area contributed by atoms with Gasteiger partial charge in [-0.2, -0.15) is 0 Å². The number of nitrogens with one attached hydrogen (secondary N) is 1. The summed E-state index contributed by atoms with van der Waals surface area (Å²) in [6, 6.07) is 13.4. The van der Waals surface area contributed by atoms with Crippen molar-refractivity contribution in [2.75, 3.05) is 19.6 Å². The average molecular weight is 426 g/mol. The van der Waals surface area contributed by atoms with E-state index in [9.17, 15) is 9.59 Å². The number of halogens is 1. The highest BCUT2D eigenvalue weighted by atomic mass is 35.5. The van der Waals surface area contributed by atoms with Gasteiger partial charge in [0.2, 0.25) is 11.8 Å². The van der Waals surface area contributed by atoms with Crippen LogP contribution in [0, 0.1) is 5.92 Å². The van der Waals surface area contributed by atoms with E-state index in [4.69, 9.17) is 11.6 Å². The van der Waals surface area contributed by atoms with Gasteiger partial charge in [0.25, 0.3) is 0 Å². The summed E-state index contributed by atoms with van der Waals surface area (Å²) in [5.74, 6) is 0.586.